The number of benzene rings is 1. The van der Waals surface area contributed by atoms with E-state index in [2.05, 4.69) is 52.5 Å². The Morgan fingerprint density at radius 2 is 2.08 bits per heavy atom. The van der Waals surface area contributed by atoms with Crippen LogP contribution in [-0.4, -0.2) is 33.9 Å². The molecule has 25 heavy (non-hydrogen) atoms. The second kappa shape index (κ2) is 7.95. The van der Waals surface area contributed by atoms with Gasteiger partial charge < -0.3 is 10.2 Å². The van der Waals surface area contributed by atoms with Gasteiger partial charge in [-0.1, -0.05) is 44.2 Å². The summed E-state index contributed by atoms with van der Waals surface area (Å²) < 4.78 is 4.50. The van der Waals surface area contributed by atoms with Crippen LogP contribution >= 0.6 is 11.5 Å². The van der Waals surface area contributed by atoms with Gasteiger partial charge in [-0.05, 0) is 31.2 Å². The lowest BCUT2D eigenvalue weighted by Gasteiger charge is -2.25. The van der Waals surface area contributed by atoms with Crippen LogP contribution in [0.4, 0.5) is 5.13 Å². The van der Waals surface area contributed by atoms with E-state index in [0.717, 1.165) is 36.8 Å². The van der Waals surface area contributed by atoms with Gasteiger partial charge in [-0.2, -0.15) is 4.37 Å². The Balaban J connectivity index is 1.67. The third kappa shape index (κ3) is 4.37. The SMILES string of the molecule is CC(C)[C@@H](C)NC(=O)[C@H]1CCCN1c1nc(Cc2ccccc2)ns1. The molecule has 0 aliphatic carbocycles. The Morgan fingerprint density at radius 1 is 1.32 bits per heavy atom. The summed E-state index contributed by atoms with van der Waals surface area (Å²) >= 11 is 1.40. The average molecular weight is 359 g/mol. The number of hydrogen-bond donors (Lipinski definition) is 1. The van der Waals surface area contributed by atoms with Gasteiger partial charge in [0.25, 0.3) is 0 Å². The highest BCUT2D eigenvalue weighted by Crippen LogP contribution is 2.28. The van der Waals surface area contributed by atoms with Gasteiger partial charge in [-0.25, -0.2) is 4.98 Å². The summed E-state index contributed by atoms with van der Waals surface area (Å²) in [4.78, 5) is 19.5. The van der Waals surface area contributed by atoms with Gasteiger partial charge >= 0.3 is 0 Å². The van der Waals surface area contributed by atoms with Crippen LogP contribution in [0.5, 0.6) is 0 Å². The molecule has 0 radical (unpaired) electrons. The first-order valence-electron chi connectivity index (χ1n) is 8.98. The zero-order chi connectivity index (χ0) is 17.8. The molecule has 0 unspecified atom stereocenters. The molecule has 0 saturated carbocycles. The summed E-state index contributed by atoms with van der Waals surface area (Å²) in [5.41, 5.74) is 1.20. The summed E-state index contributed by atoms with van der Waals surface area (Å²) in [6.45, 7) is 7.18. The summed E-state index contributed by atoms with van der Waals surface area (Å²) in [5, 5.41) is 4.01. The largest absolute Gasteiger partial charge is 0.352 e. The van der Waals surface area contributed by atoms with Gasteiger partial charge in [0.2, 0.25) is 11.0 Å². The van der Waals surface area contributed by atoms with E-state index >= 15 is 0 Å². The quantitative estimate of drug-likeness (QED) is 0.861. The second-order valence-electron chi connectivity index (χ2n) is 7.05. The van der Waals surface area contributed by atoms with Gasteiger partial charge in [0.05, 0.1) is 0 Å². The fraction of sp³-hybridized carbons (Fsp3) is 0.526. The van der Waals surface area contributed by atoms with Crippen molar-refractivity contribution in [3.05, 3.63) is 41.7 Å². The number of rotatable bonds is 6. The lowest BCUT2D eigenvalue weighted by molar-refractivity contribution is -0.123. The van der Waals surface area contributed by atoms with Crippen LogP contribution in [0.1, 0.15) is 45.0 Å². The van der Waals surface area contributed by atoms with Gasteiger partial charge in [0, 0.05) is 30.5 Å². The fourth-order valence-corrected chi connectivity index (χ4v) is 3.73. The number of carbonyl (C=O) groups is 1. The molecule has 5 nitrogen and oxygen atoms in total. The van der Waals surface area contributed by atoms with Crippen molar-refractivity contribution in [3.63, 3.8) is 0 Å². The van der Waals surface area contributed by atoms with Crippen LogP contribution in [0.3, 0.4) is 0 Å². The molecule has 1 aliphatic rings. The highest BCUT2D eigenvalue weighted by Gasteiger charge is 2.33. The van der Waals surface area contributed by atoms with Crippen molar-refractivity contribution >= 4 is 22.6 Å². The zero-order valence-electron chi connectivity index (χ0n) is 15.1. The van der Waals surface area contributed by atoms with Crippen molar-refractivity contribution < 1.29 is 4.79 Å². The first kappa shape index (κ1) is 17.9. The minimum absolute atomic E-state index is 0.110. The summed E-state index contributed by atoms with van der Waals surface area (Å²) in [6, 6.07) is 10.3. The number of amides is 1. The number of nitrogens with zero attached hydrogens (tertiary/aromatic N) is 3. The molecular weight excluding hydrogens is 332 g/mol. The third-order valence-electron chi connectivity index (χ3n) is 4.83. The molecule has 2 atom stereocenters. The lowest BCUT2D eigenvalue weighted by atomic mass is 10.1. The molecule has 2 heterocycles. The Bertz CT molecular complexity index is 700. The van der Waals surface area contributed by atoms with Crippen molar-refractivity contribution in [3.8, 4) is 0 Å². The highest BCUT2D eigenvalue weighted by atomic mass is 32.1. The molecule has 1 aliphatic heterocycles. The maximum absolute atomic E-state index is 12.6. The molecule has 6 heteroatoms. The maximum atomic E-state index is 12.6. The summed E-state index contributed by atoms with van der Waals surface area (Å²) in [7, 11) is 0. The van der Waals surface area contributed by atoms with E-state index in [-0.39, 0.29) is 18.0 Å². The number of anilines is 1. The molecule has 3 rings (SSSR count). The van der Waals surface area contributed by atoms with E-state index in [1.807, 2.05) is 18.2 Å². The number of carbonyl (C=O) groups excluding carboxylic acids is 1. The molecule has 1 N–H and O–H groups in total. The molecule has 1 aromatic carbocycles. The van der Waals surface area contributed by atoms with Gasteiger partial charge in [0.15, 0.2) is 0 Å². The Hall–Kier alpha value is -1.95. The van der Waals surface area contributed by atoms with Crippen molar-refractivity contribution in [2.75, 3.05) is 11.4 Å². The van der Waals surface area contributed by atoms with Crippen molar-refractivity contribution in [1.82, 2.24) is 14.7 Å². The fourth-order valence-electron chi connectivity index (χ4n) is 2.97. The molecule has 1 aromatic heterocycles. The van der Waals surface area contributed by atoms with Crippen molar-refractivity contribution in [2.45, 2.75) is 52.1 Å². The van der Waals surface area contributed by atoms with Crippen LogP contribution in [0.25, 0.3) is 0 Å². The number of hydrogen-bond acceptors (Lipinski definition) is 5. The summed E-state index contributed by atoms with van der Waals surface area (Å²) in [6.07, 6.45) is 2.62. The molecule has 0 spiro atoms. The molecule has 2 aromatic rings. The second-order valence-corrected chi connectivity index (χ2v) is 7.78. The van der Waals surface area contributed by atoms with Crippen LogP contribution in [-0.2, 0) is 11.2 Å². The normalized spacial score (nSPS) is 18.6. The van der Waals surface area contributed by atoms with Crippen LogP contribution in [0.2, 0.25) is 0 Å². The smallest absolute Gasteiger partial charge is 0.243 e. The molecule has 1 amide bonds. The number of aromatic nitrogens is 2. The molecule has 0 bridgehead atoms. The molecule has 1 saturated heterocycles. The lowest BCUT2D eigenvalue weighted by Crippen LogP contribution is -2.47. The van der Waals surface area contributed by atoms with E-state index in [1.165, 1.54) is 17.1 Å². The van der Waals surface area contributed by atoms with E-state index in [1.54, 1.807) is 0 Å². The Labute approximate surface area is 153 Å². The third-order valence-corrected chi connectivity index (χ3v) is 5.62. The average Bonchev–Trinajstić information content (AvgIpc) is 3.24. The maximum Gasteiger partial charge on any atom is 0.243 e. The van der Waals surface area contributed by atoms with E-state index in [9.17, 15) is 4.79 Å². The molecule has 1 fully saturated rings. The van der Waals surface area contributed by atoms with Gasteiger partial charge in [0.1, 0.15) is 11.9 Å². The first-order chi connectivity index (χ1) is 12.0. The minimum Gasteiger partial charge on any atom is -0.352 e. The van der Waals surface area contributed by atoms with Crippen LogP contribution < -0.4 is 10.2 Å². The monoisotopic (exact) mass is 358 g/mol. The van der Waals surface area contributed by atoms with E-state index < -0.39 is 0 Å². The minimum atomic E-state index is -0.126. The van der Waals surface area contributed by atoms with Crippen LogP contribution in [0.15, 0.2) is 30.3 Å². The zero-order valence-corrected chi connectivity index (χ0v) is 15.9. The molecule has 134 valence electrons. The topological polar surface area (TPSA) is 58.1 Å². The number of nitrogens with one attached hydrogen (secondary N) is 1. The predicted molar refractivity (Wildman–Crippen MR) is 102 cm³/mol. The van der Waals surface area contributed by atoms with E-state index in [4.69, 9.17) is 0 Å². The molecular formula is C19H26N4OS. The summed E-state index contributed by atoms with van der Waals surface area (Å²) in [5.74, 6) is 1.36. The standard InChI is InChI=1S/C19H26N4OS/c1-13(2)14(3)20-18(24)16-10-7-11-23(16)19-21-17(22-25-19)12-15-8-5-4-6-9-15/h4-6,8-9,13-14,16H,7,10-12H2,1-3H3,(H,20,24)/t14-,16-/m1/s1. The highest BCUT2D eigenvalue weighted by molar-refractivity contribution is 7.09. The van der Waals surface area contributed by atoms with Gasteiger partial charge in [-0.3, -0.25) is 4.79 Å². The van der Waals surface area contributed by atoms with Crippen molar-refractivity contribution in [2.24, 2.45) is 5.92 Å². The van der Waals surface area contributed by atoms with Gasteiger partial charge in [-0.15, -0.1) is 0 Å². The first-order valence-corrected chi connectivity index (χ1v) is 9.75. The van der Waals surface area contributed by atoms with Crippen molar-refractivity contribution in [1.29, 1.82) is 0 Å². The predicted octanol–water partition coefficient (Wildman–Crippen LogP) is 3.26. The Morgan fingerprint density at radius 3 is 2.80 bits per heavy atom. The van der Waals surface area contributed by atoms with E-state index in [0.29, 0.717) is 5.92 Å². The van der Waals surface area contributed by atoms with Crippen LogP contribution in [0, 0.1) is 5.92 Å². The Kier molecular flexibility index (Phi) is 5.68.